The van der Waals surface area contributed by atoms with E-state index in [0.29, 0.717) is 37.6 Å². The number of hydrogen-bond acceptors (Lipinski definition) is 6. The monoisotopic (exact) mass is 343 g/mol. The lowest BCUT2D eigenvalue weighted by Crippen LogP contribution is -2.23. The number of rotatable bonds is 3. The Morgan fingerprint density at radius 2 is 1.92 bits per heavy atom. The molecule has 1 aromatic carbocycles. The quantitative estimate of drug-likeness (QED) is 0.850. The molecule has 4 rings (SSSR count). The Balaban J connectivity index is 1.52. The molecule has 0 aliphatic carbocycles. The first-order valence-corrected chi connectivity index (χ1v) is 8.97. The molecular formula is C19H25N3O3. The predicted molar refractivity (Wildman–Crippen MR) is 92.8 cm³/mol. The lowest BCUT2D eigenvalue weighted by Gasteiger charge is -2.25. The van der Waals surface area contributed by atoms with Crippen LogP contribution in [0, 0.1) is 0 Å². The van der Waals surface area contributed by atoms with Crippen molar-refractivity contribution in [3.05, 3.63) is 35.5 Å². The number of nitrogens with zero attached hydrogens (tertiary/aromatic N) is 3. The van der Waals surface area contributed by atoms with E-state index in [4.69, 9.17) is 13.9 Å². The van der Waals surface area contributed by atoms with Crippen LogP contribution in [0.25, 0.3) is 0 Å². The number of likely N-dealkylation sites (tertiary alicyclic amines) is 1. The molecule has 1 aromatic heterocycles. The van der Waals surface area contributed by atoms with Gasteiger partial charge in [-0.1, -0.05) is 26.8 Å². The van der Waals surface area contributed by atoms with E-state index < -0.39 is 0 Å². The minimum Gasteiger partial charge on any atom is -0.486 e. The number of benzene rings is 1. The summed E-state index contributed by atoms with van der Waals surface area (Å²) >= 11 is 0. The third kappa shape index (κ3) is 3.35. The molecule has 0 spiro atoms. The van der Waals surface area contributed by atoms with Gasteiger partial charge in [-0.3, -0.25) is 4.90 Å². The number of hydrogen-bond donors (Lipinski definition) is 0. The van der Waals surface area contributed by atoms with Crippen LogP contribution in [0.5, 0.6) is 11.5 Å². The van der Waals surface area contributed by atoms with Crippen LogP contribution in [-0.2, 0) is 12.0 Å². The van der Waals surface area contributed by atoms with Gasteiger partial charge < -0.3 is 13.9 Å². The van der Waals surface area contributed by atoms with Gasteiger partial charge in [-0.15, -0.1) is 10.2 Å². The van der Waals surface area contributed by atoms with Gasteiger partial charge in [0, 0.05) is 11.5 Å². The molecule has 134 valence electrons. The normalized spacial score (nSPS) is 20.8. The fourth-order valence-corrected chi connectivity index (χ4v) is 3.45. The molecule has 0 bridgehead atoms. The topological polar surface area (TPSA) is 60.6 Å². The predicted octanol–water partition coefficient (Wildman–Crippen LogP) is 3.48. The summed E-state index contributed by atoms with van der Waals surface area (Å²) in [6.07, 6.45) is 2.29. The Labute approximate surface area is 148 Å². The summed E-state index contributed by atoms with van der Waals surface area (Å²) in [5, 5.41) is 8.45. The first-order valence-electron chi connectivity index (χ1n) is 8.97. The fourth-order valence-electron chi connectivity index (χ4n) is 3.45. The zero-order valence-electron chi connectivity index (χ0n) is 15.1. The molecule has 3 heterocycles. The van der Waals surface area contributed by atoms with Crippen molar-refractivity contribution in [1.29, 1.82) is 0 Å². The Hall–Kier alpha value is -2.08. The molecule has 0 amide bonds. The van der Waals surface area contributed by atoms with Crippen molar-refractivity contribution in [2.24, 2.45) is 0 Å². The first-order chi connectivity index (χ1) is 12.0. The maximum absolute atomic E-state index is 5.88. The van der Waals surface area contributed by atoms with Crippen molar-refractivity contribution < 1.29 is 13.9 Å². The molecule has 2 aliphatic rings. The molecule has 2 aromatic rings. The van der Waals surface area contributed by atoms with Gasteiger partial charge in [-0.2, -0.15) is 0 Å². The van der Waals surface area contributed by atoms with Gasteiger partial charge in [-0.05, 0) is 37.1 Å². The average Bonchev–Trinajstić information content (AvgIpc) is 3.24. The van der Waals surface area contributed by atoms with E-state index in [0.717, 1.165) is 24.5 Å². The third-order valence-electron chi connectivity index (χ3n) is 4.76. The van der Waals surface area contributed by atoms with E-state index in [9.17, 15) is 0 Å². The van der Waals surface area contributed by atoms with Gasteiger partial charge >= 0.3 is 0 Å². The fraction of sp³-hybridized carbons (Fsp3) is 0.579. The molecule has 25 heavy (non-hydrogen) atoms. The van der Waals surface area contributed by atoms with Crippen molar-refractivity contribution in [3.8, 4) is 11.5 Å². The minimum atomic E-state index is -0.120. The molecule has 1 saturated heterocycles. The Bertz CT molecular complexity index is 751. The van der Waals surface area contributed by atoms with Gasteiger partial charge in [0.05, 0.1) is 6.54 Å². The summed E-state index contributed by atoms with van der Waals surface area (Å²) in [6.45, 7) is 9.19. The molecule has 6 heteroatoms. The van der Waals surface area contributed by atoms with Crippen LogP contribution < -0.4 is 9.47 Å². The summed E-state index contributed by atoms with van der Waals surface area (Å²) < 4.78 is 17.2. The summed E-state index contributed by atoms with van der Waals surface area (Å²) in [5.41, 5.74) is 1.14. The van der Waals surface area contributed by atoms with Crippen LogP contribution in [0.3, 0.4) is 0 Å². The average molecular weight is 343 g/mol. The second-order valence-corrected chi connectivity index (χ2v) is 7.78. The van der Waals surface area contributed by atoms with E-state index in [2.05, 4.69) is 48.0 Å². The molecule has 6 nitrogen and oxygen atoms in total. The summed E-state index contributed by atoms with van der Waals surface area (Å²) in [5.74, 6) is 3.07. The smallest absolute Gasteiger partial charge is 0.230 e. The maximum Gasteiger partial charge on any atom is 0.230 e. The highest BCUT2D eigenvalue weighted by molar-refractivity contribution is 5.44. The lowest BCUT2D eigenvalue weighted by atomic mass is 9.97. The molecule has 2 aliphatic heterocycles. The Kier molecular flexibility index (Phi) is 4.15. The molecule has 0 N–H and O–H groups in total. The SMILES string of the molecule is CC(C)(C)c1nnc(CN2CCC[C@H]2c2ccc3c(c2)OCCO3)o1. The van der Waals surface area contributed by atoms with E-state index in [-0.39, 0.29) is 5.41 Å². The van der Waals surface area contributed by atoms with Gasteiger partial charge in [0.1, 0.15) is 13.2 Å². The van der Waals surface area contributed by atoms with Crippen molar-refractivity contribution in [1.82, 2.24) is 15.1 Å². The minimum absolute atomic E-state index is 0.120. The highest BCUT2D eigenvalue weighted by Crippen LogP contribution is 2.38. The molecule has 0 radical (unpaired) electrons. The maximum atomic E-state index is 5.88. The summed E-state index contributed by atoms with van der Waals surface area (Å²) in [6, 6.07) is 6.63. The Morgan fingerprint density at radius 3 is 2.68 bits per heavy atom. The van der Waals surface area contributed by atoms with Crippen molar-refractivity contribution in [3.63, 3.8) is 0 Å². The number of aromatic nitrogens is 2. The number of ether oxygens (including phenoxy) is 2. The second-order valence-electron chi connectivity index (χ2n) is 7.78. The zero-order valence-corrected chi connectivity index (χ0v) is 15.1. The molecule has 0 unspecified atom stereocenters. The van der Waals surface area contributed by atoms with Crippen LogP contribution in [0.4, 0.5) is 0 Å². The summed E-state index contributed by atoms with van der Waals surface area (Å²) in [7, 11) is 0. The van der Waals surface area contributed by atoms with E-state index in [1.165, 1.54) is 12.0 Å². The second kappa shape index (κ2) is 6.33. The summed E-state index contributed by atoms with van der Waals surface area (Å²) in [4.78, 5) is 2.41. The van der Waals surface area contributed by atoms with Crippen LogP contribution in [0.15, 0.2) is 22.6 Å². The third-order valence-corrected chi connectivity index (χ3v) is 4.76. The van der Waals surface area contributed by atoms with Crippen LogP contribution in [-0.4, -0.2) is 34.9 Å². The van der Waals surface area contributed by atoms with Gasteiger partial charge in [0.25, 0.3) is 0 Å². The van der Waals surface area contributed by atoms with E-state index in [1.807, 2.05) is 6.07 Å². The van der Waals surface area contributed by atoms with Gasteiger partial charge in [0.2, 0.25) is 11.8 Å². The highest BCUT2D eigenvalue weighted by Gasteiger charge is 2.29. The molecule has 1 fully saturated rings. The zero-order chi connectivity index (χ0) is 17.4. The lowest BCUT2D eigenvalue weighted by molar-refractivity contribution is 0.170. The number of fused-ring (bicyclic) bond motifs is 1. The van der Waals surface area contributed by atoms with Gasteiger partial charge in [-0.25, -0.2) is 0 Å². The first kappa shape index (κ1) is 16.4. The molecule has 1 atom stereocenters. The van der Waals surface area contributed by atoms with Crippen molar-refractivity contribution >= 4 is 0 Å². The standard InChI is InChI=1S/C19H25N3O3/c1-19(2,3)18-21-20-17(25-18)12-22-8-4-5-14(22)13-6-7-15-16(11-13)24-10-9-23-15/h6-7,11,14H,4-5,8-10,12H2,1-3H3/t14-/m0/s1. The van der Waals surface area contributed by atoms with Crippen LogP contribution in [0.2, 0.25) is 0 Å². The van der Waals surface area contributed by atoms with Crippen LogP contribution in [0.1, 0.15) is 57.0 Å². The van der Waals surface area contributed by atoms with Gasteiger partial charge in [0.15, 0.2) is 11.5 Å². The van der Waals surface area contributed by atoms with E-state index >= 15 is 0 Å². The Morgan fingerprint density at radius 1 is 1.12 bits per heavy atom. The largest absolute Gasteiger partial charge is 0.486 e. The van der Waals surface area contributed by atoms with Crippen molar-refractivity contribution in [2.75, 3.05) is 19.8 Å². The van der Waals surface area contributed by atoms with Crippen LogP contribution >= 0.6 is 0 Å². The van der Waals surface area contributed by atoms with Crippen molar-refractivity contribution in [2.45, 2.75) is 51.6 Å². The van der Waals surface area contributed by atoms with E-state index in [1.54, 1.807) is 0 Å². The molecular weight excluding hydrogens is 318 g/mol. The highest BCUT2D eigenvalue weighted by atomic mass is 16.6. The molecule has 0 saturated carbocycles.